The third-order valence-electron chi connectivity index (χ3n) is 21.5. The van der Waals surface area contributed by atoms with Crippen molar-refractivity contribution < 1.29 is 138 Å². The van der Waals surface area contributed by atoms with Gasteiger partial charge in [0.1, 0.15) is 42.8 Å². The van der Waals surface area contributed by atoms with Crippen molar-refractivity contribution in [2.75, 3.05) is 190 Å². The number of primary amides is 1. The maximum atomic E-state index is 15.6. The van der Waals surface area contributed by atoms with Crippen LogP contribution in [-0.2, 0) is 159 Å². The van der Waals surface area contributed by atoms with Gasteiger partial charge in [0.05, 0.1) is 219 Å². The highest BCUT2D eigenvalue weighted by atomic mass is 19.1. The number of carbonyl (C=O) groups is 10. The van der Waals surface area contributed by atoms with Crippen molar-refractivity contribution in [1.82, 2.24) is 56.4 Å². The Bertz CT molecular complexity index is 4630. The SMILES string of the molecule is CCOC(=O)C(Cc1cn(CCOCCOCCOCCOCCOCCOCCOCCOCCOCCOCCOCCOCCC(=O)NCCCC[C@H](NC(=O)OC(C)(C)C)C(=O)N[C@H](C(=O)N[C@@H](CCCNC(N)=O)C(=O)Nc2ccc(COC(=O)N[C@H]3CCc4c(C)c(F)cc5nc6c(c3c45)Cn3c-6cc4c(c3=O)COC(=O)[C@]4(O)CC)cc2)C(C)C)nn1)C(=O)OCC. The summed E-state index contributed by atoms with van der Waals surface area (Å²) >= 11 is 0. The van der Waals surface area contributed by atoms with E-state index in [2.05, 4.69) is 47.5 Å². The van der Waals surface area contributed by atoms with Crippen LogP contribution in [0.4, 0.5) is 24.5 Å². The lowest BCUT2D eigenvalue weighted by Crippen LogP contribution is -2.58. The maximum absolute atomic E-state index is 15.6. The molecule has 0 spiro atoms. The quantitative estimate of drug-likeness (QED) is 0.0107. The number of cyclic esters (lactones) is 1. The number of carbonyl (C=O) groups excluding carboxylic acids is 10. The van der Waals surface area contributed by atoms with E-state index < -0.39 is 112 Å². The zero-order chi connectivity index (χ0) is 96.8. The van der Waals surface area contributed by atoms with Crippen LogP contribution in [0.5, 0.6) is 0 Å². The van der Waals surface area contributed by atoms with Crippen molar-refractivity contribution in [1.29, 1.82) is 0 Å². The summed E-state index contributed by atoms with van der Waals surface area (Å²) in [5.74, 6) is -6.66. The van der Waals surface area contributed by atoms with Gasteiger partial charge in [-0.3, -0.25) is 33.6 Å². The van der Waals surface area contributed by atoms with Crippen LogP contribution in [0.1, 0.15) is 157 Å². The van der Waals surface area contributed by atoms with E-state index in [0.29, 0.717) is 239 Å². The Balaban J connectivity index is 0.620. The van der Waals surface area contributed by atoms with Gasteiger partial charge in [0.2, 0.25) is 23.6 Å². The van der Waals surface area contributed by atoms with Gasteiger partial charge in [-0.1, -0.05) is 38.1 Å². The zero-order valence-corrected chi connectivity index (χ0v) is 78.3. The normalized spacial score (nSPS) is 15.0. The molecule has 5 atom stereocenters. The van der Waals surface area contributed by atoms with E-state index in [-0.39, 0.29) is 115 Å². The predicted octanol–water partition coefficient (Wildman–Crippen LogP) is 4.80. The van der Waals surface area contributed by atoms with Crippen molar-refractivity contribution in [2.45, 2.75) is 188 Å². The highest BCUT2D eigenvalue weighted by Gasteiger charge is 2.47. The standard InChI is InChI=1S/C91H134FN13O29/c1-10-91(117)68-53-74-79-66(56-105(74)83(110)67(68)58-132-86(91)113)77-70(23-22-64-60(6)69(92)54-73(97-79)76(64)77)99-88(115)133-57-61-18-20-62(21-19-61)96-80(107)71(17-15-26-95-87(93)114)98-82(109)78(59(4)5)101-81(108)72(100-89(116)134-90(7,8)9)16-13-14-25-94-75(106)24-28-118-30-32-120-34-36-122-38-40-124-42-44-126-46-48-128-50-51-129-49-47-127-45-43-125-41-39-123-37-35-121-33-31-119-29-27-104-55-63(102-103-104)52-65(84(111)130-11-2)85(112)131-12-3/h18-21,53-55,59,65,70-72,78,117H,10-17,22-52,56-58H2,1-9H3,(H,94,106)(H,96,107)(H,98,109)(H,99,115)(H,100,116)(H,101,108)(H3,93,95,114)/t70-,71-,72-,78-,91-/m0/s1. The number of benzene rings is 2. The number of rotatable bonds is 66. The largest absolute Gasteiger partial charge is 0.465 e. The van der Waals surface area contributed by atoms with E-state index in [1.807, 2.05) is 0 Å². The molecule has 5 heterocycles. The monoisotopic (exact) mass is 1890 g/mol. The second-order valence-electron chi connectivity index (χ2n) is 32.9. The number of aromatic nitrogens is 5. The summed E-state index contributed by atoms with van der Waals surface area (Å²) in [4.78, 5) is 150. The molecule has 42 nitrogen and oxygen atoms in total. The molecular formula is C91H134FN13O29. The molecule has 10 N–H and O–H groups in total. The van der Waals surface area contributed by atoms with Gasteiger partial charge in [-0.15, -0.1) is 5.10 Å². The predicted molar refractivity (Wildman–Crippen MR) is 479 cm³/mol. The Morgan fingerprint density at radius 3 is 1.69 bits per heavy atom. The smallest absolute Gasteiger partial charge is 0.408 e. The first-order valence-corrected chi connectivity index (χ1v) is 45.7. The molecule has 0 radical (unpaired) electrons. The molecule has 1 aliphatic carbocycles. The molecular weight excluding hydrogens is 1760 g/mol. The van der Waals surface area contributed by atoms with Crippen molar-refractivity contribution in [3.63, 3.8) is 0 Å². The van der Waals surface area contributed by atoms with Crippen molar-refractivity contribution in [3.8, 4) is 11.4 Å². The van der Waals surface area contributed by atoms with Gasteiger partial charge < -0.3 is 133 Å². The first kappa shape index (κ1) is 109. The molecule has 2 aromatic carbocycles. The van der Waals surface area contributed by atoms with Gasteiger partial charge in [-0.05, 0) is 139 Å². The number of fused-ring (bicyclic) bond motifs is 5. The van der Waals surface area contributed by atoms with Crippen molar-refractivity contribution in [2.24, 2.45) is 17.6 Å². The summed E-state index contributed by atoms with van der Waals surface area (Å²) in [5, 5.41) is 39.4. The molecule has 744 valence electrons. The van der Waals surface area contributed by atoms with Crippen LogP contribution in [0, 0.1) is 24.6 Å². The number of aliphatic hydroxyl groups is 1. The number of alkyl carbamates (subject to hydrolysis) is 2. The molecule has 3 aromatic heterocycles. The van der Waals surface area contributed by atoms with Crippen LogP contribution >= 0.6 is 0 Å². The minimum Gasteiger partial charge on any atom is -0.465 e. The molecule has 0 fully saturated rings. The average molecular weight is 1890 g/mol. The van der Waals surface area contributed by atoms with Crippen LogP contribution in [0.15, 0.2) is 47.4 Å². The van der Waals surface area contributed by atoms with Crippen LogP contribution in [0.3, 0.4) is 0 Å². The number of unbranched alkanes of at least 4 members (excludes halogenated alkanes) is 1. The van der Waals surface area contributed by atoms with E-state index in [0.717, 1.165) is 0 Å². The van der Waals surface area contributed by atoms with Crippen LogP contribution < -0.4 is 48.5 Å². The second-order valence-corrected chi connectivity index (χ2v) is 32.9. The van der Waals surface area contributed by atoms with E-state index in [1.54, 1.807) is 104 Å². The molecule has 0 saturated heterocycles. The average Bonchev–Trinajstić information content (AvgIpc) is 1.53. The number of aryl methyl sites for hydroxylation is 1. The van der Waals surface area contributed by atoms with Crippen LogP contribution in [0.2, 0.25) is 0 Å². The highest BCUT2D eigenvalue weighted by molar-refractivity contribution is 5.99. The van der Waals surface area contributed by atoms with E-state index in [9.17, 15) is 57.8 Å². The number of nitrogens with zero attached hydrogens (tertiary/aromatic N) is 5. The fraction of sp³-hybridized carbons (Fsp3) is 0.648. The molecule has 3 aliphatic rings. The molecule has 0 bridgehead atoms. The van der Waals surface area contributed by atoms with Crippen LogP contribution in [-0.4, -0.2) is 298 Å². The lowest BCUT2D eigenvalue weighted by atomic mass is 9.81. The van der Waals surface area contributed by atoms with Gasteiger partial charge >= 0.3 is 36.1 Å². The number of amides is 8. The third-order valence-corrected chi connectivity index (χ3v) is 21.5. The molecule has 0 saturated carbocycles. The fourth-order valence-corrected chi connectivity index (χ4v) is 14.6. The molecule has 0 unspecified atom stereocenters. The number of esters is 3. The lowest BCUT2D eigenvalue weighted by Gasteiger charge is -2.31. The Labute approximate surface area is 778 Å². The minimum absolute atomic E-state index is 0.00779. The third kappa shape index (κ3) is 35.9. The van der Waals surface area contributed by atoms with Crippen molar-refractivity contribution in [3.05, 3.63) is 103 Å². The Hall–Kier alpha value is -10.6. The first-order chi connectivity index (χ1) is 64.5. The number of nitrogens with one attached hydrogen (secondary N) is 7. The Kier molecular flexibility index (Phi) is 47.1. The maximum Gasteiger partial charge on any atom is 0.408 e. The van der Waals surface area contributed by atoms with Crippen LogP contribution in [0.25, 0.3) is 22.3 Å². The van der Waals surface area contributed by atoms with E-state index >= 15 is 4.39 Å². The van der Waals surface area contributed by atoms with Gasteiger partial charge in [0.15, 0.2) is 11.5 Å². The molecule has 134 heavy (non-hydrogen) atoms. The Morgan fingerprint density at radius 1 is 0.627 bits per heavy atom. The lowest BCUT2D eigenvalue weighted by molar-refractivity contribution is -0.172. The summed E-state index contributed by atoms with van der Waals surface area (Å²) in [7, 11) is 0. The summed E-state index contributed by atoms with van der Waals surface area (Å²) in [6.45, 7) is 24.6. The molecule has 5 aromatic rings. The number of urea groups is 1. The Morgan fingerprint density at radius 2 is 1.16 bits per heavy atom. The van der Waals surface area contributed by atoms with Gasteiger partial charge in [0.25, 0.3) is 5.56 Å². The van der Waals surface area contributed by atoms with Gasteiger partial charge in [0, 0.05) is 60.4 Å². The number of nitrogens with two attached hydrogens (primary N) is 1. The van der Waals surface area contributed by atoms with E-state index in [4.69, 9.17) is 91.2 Å². The molecule has 8 rings (SSSR count). The number of anilines is 1. The van der Waals surface area contributed by atoms with Crippen molar-refractivity contribution >= 4 is 76.3 Å². The minimum atomic E-state index is -2.07. The number of pyridine rings is 2. The summed E-state index contributed by atoms with van der Waals surface area (Å²) in [5.41, 5.74) is 6.74. The number of hydrogen-bond acceptors (Lipinski definition) is 32. The van der Waals surface area contributed by atoms with Gasteiger partial charge in [-0.2, -0.15) is 0 Å². The number of halogens is 1. The molecule has 2 aliphatic heterocycles. The summed E-state index contributed by atoms with van der Waals surface area (Å²) in [6.07, 6.45) is 1.81. The number of ether oxygens (including phenoxy) is 17. The highest BCUT2D eigenvalue weighted by Crippen LogP contribution is 2.46. The first-order valence-electron chi connectivity index (χ1n) is 45.7. The summed E-state index contributed by atoms with van der Waals surface area (Å²) in [6, 6.07) is 4.14. The molecule has 8 amide bonds. The number of hydrogen-bond donors (Lipinski definition) is 9. The second kappa shape index (κ2) is 58.0. The van der Waals surface area contributed by atoms with E-state index in [1.165, 1.54) is 10.6 Å². The molecule has 43 heteroatoms. The van der Waals surface area contributed by atoms with Gasteiger partial charge in [-0.25, -0.2) is 33.2 Å². The topological polar surface area (TPSA) is 524 Å². The fourth-order valence-electron chi connectivity index (χ4n) is 14.6. The summed E-state index contributed by atoms with van der Waals surface area (Å²) < 4.78 is 112. The zero-order valence-electron chi connectivity index (χ0n) is 78.3.